The quantitative estimate of drug-likeness (QED) is 0.591. The number of ether oxygens (including phenoxy) is 1. The Morgan fingerprint density at radius 3 is 2.23 bits per heavy atom. The molecule has 0 fully saturated rings. The summed E-state index contributed by atoms with van der Waals surface area (Å²) in [4.78, 5) is 0. The molecule has 0 heterocycles. The van der Waals surface area contributed by atoms with Gasteiger partial charge in [0.25, 0.3) is 0 Å². The summed E-state index contributed by atoms with van der Waals surface area (Å²) in [5.74, 6) is 0.963. The van der Waals surface area contributed by atoms with Gasteiger partial charge in [-0.3, -0.25) is 0 Å². The Bertz CT molecular complexity index is 391. The van der Waals surface area contributed by atoms with E-state index in [0.29, 0.717) is 0 Å². The van der Waals surface area contributed by atoms with Gasteiger partial charge in [-0.05, 0) is 43.0 Å². The molecule has 0 aliphatic rings. The molecule has 2 nitrogen and oxygen atoms in total. The molecule has 0 spiro atoms. The van der Waals surface area contributed by atoms with Gasteiger partial charge < -0.3 is 10.1 Å². The van der Waals surface area contributed by atoms with E-state index < -0.39 is 0 Å². The summed E-state index contributed by atoms with van der Waals surface area (Å²) in [6, 6.07) is 8.51. The van der Waals surface area contributed by atoms with Crippen molar-refractivity contribution in [2.45, 2.75) is 78.2 Å². The van der Waals surface area contributed by atoms with Crippen LogP contribution >= 0.6 is 0 Å². The van der Waals surface area contributed by atoms with Crippen molar-refractivity contribution in [3.8, 4) is 5.75 Å². The first kappa shape index (κ1) is 19.0. The number of unbranched alkanes of at least 4 members (excludes halogenated alkanes) is 4. The van der Waals surface area contributed by atoms with E-state index in [2.05, 4.69) is 64.2 Å². The predicted molar refractivity (Wildman–Crippen MR) is 96.9 cm³/mol. The van der Waals surface area contributed by atoms with Crippen molar-refractivity contribution in [2.75, 3.05) is 13.1 Å². The highest BCUT2D eigenvalue weighted by Crippen LogP contribution is 2.24. The molecule has 1 unspecified atom stereocenters. The maximum absolute atomic E-state index is 5.96. The molecule has 1 aromatic rings. The Morgan fingerprint density at radius 1 is 1.00 bits per heavy atom. The monoisotopic (exact) mass is 305 g/mol. The van der Waals surface area contributed by atoms with Crippen molar-refractivity contribution in [1.29, 1.82) is 0 Å². The summed E-state index contributed by atoms with van der Waals surface area (Å²) in [7, 11) is 0. The first-order valence-corrected chi connectivity index (χ1v) is 8.91. The Balaban J connectivity index is 2.20. The van der Waals surface area contributed by atoms with Crippen LogP contribution in [0.5, 0.6) is 5.75 Å². The van der Waals surface area contributed by atoms with E-state index in [-0.39, 0.29) is 11.5 Å². The summed E-state index contributed by atoms with van der Waals surface area (Å²) >= 11 is 0. The van der Waals surface area contributed by atoms with Gasteiger partial charge in [-0.15, -0.1) is 0 Å². The van der Waals surface area contributed by atoms with E-state index in [0.717, 1.165) is 18.8 Å². The van der Waals surface area contributed by atoms with Crippen LogP contribution in [0.15, 0.2) is 24.3 Å². The Hall–Kier alpha value is -1.02. The van der Waals surface area contributed by atoms with Crippen LogP contribution < -0.4 is 10.1 Å². The lowest BCUT2D eigenvalue weighted by Gasteiger charge is -2.20. The van der Waals surface area contributed by atoms with E-state index in [4.69, 9.17) is 4.74 Å². The lowest BCUT2D eigenvalue weighted by atomic mass is 9.87. The number of rotatable bonds is 10. The van der Waals surface area contributed by atoms with E-state index in [1.165, 1.54) is 37.7 Å². The van der Waals surface area contributed by atoms with Crippen LogP contribution in [-0.4, -0.2) is 19.2 Å². The average molecular weight is 306 g/mol. The molecule has 0 aliphatic carbocycles. The second-order valence-corrected chi connectivity index (χ2v) is 7.32. The highest BCUT2D eigenvalue weighted by molar-refractivity contribution is 5.31. The van der Waals surface area contributed by atoms with Crippen molar-refractivity contribution in [3.63, 3.8) is 0 Å². The smallest absolute Gasteiger partial charge is 0.119 e. The van der Waals surface area contributed by atoms with Crippen molar-refractivity contribution in [3.05, 3.63) is 29.8 Å². The normalized spacial score (nSPS) is 13.1. The van der Waals surface area contributed by atoms with Crippen molar-refractivity contribution in [1.82, 2.24) is 5.32 Å². The lowest BCUT2D eigenvalue weighted by molar-refractivity contribution is 0.217. The minimum absolute atomic E-state index is 0.198. The van der Waals surface area contributed by atoms with E-state index >= 15 is 0 Å². The topological polar surface area (TPSA) is 21.3 Å². The summed E-state index contributed by atoms with van der Waals surface area (Å²) in [6.07, 6.45) is 6.86. The molecule has 0 amide bonds. The van der Waals surface area contributed by atoms with Gasteiger partial charge in [0, 0.05) is 6.54 Å². The molecule has 0 radical (unpaired) electrons. The second-order valence-electron chi connectivity index (χ2n) is 7.32. The van der Waals surface area contributed by atoms with Crippen LogP contribution in [-0.2, 0) is 5.41 Å². The summed E-state index contributed by atoms with van der Waals surface area (Å²) < 4.78 is 5.96. The highest BCUT2D eigenvalue weighted by Gasteiger charge is 2.13. The average Bonchev–Trinajstić information content (AvgIpc) is 2.46. The van der Waals surface area contributed by atoms with Crippen LogP contribution in [0.25, 0.3) is 0 Å². The zero-order valence-corrected chi connectivity index (χ0v) is 15.2. The van der Waals surface area contributed by atoms with E-state index in [1.54, 1.807) is 0 Å². The molecule has 0 saturated heterocycles. The molecule has 0 saturated carbocycles. The second kappa shape index (κ2) is 9.89. The van der Waals surface area contributed by atoms with Gasteiger partial charge in [0.2, 0.25) is 0 Å². The molecular weight excluding hydrogens is 270 g/mol. The lowest BCUT2D eigenvalue weighted by Crippen LogP contribution is -2.29. The van der Waals surface area contributed by atoms with Crippen molar-refractivity contribution < 1.29 is 4.74 Å². The first-order chi connectivity index (χ1) is 10.4. The summed E-state index contributed by atoms with van der Waals surface area (Å²) in [6.45, 7) is 13.1. The third-order valence-electron chi connectivity index (χ3n) is 3.95. The largest absolute Gasteiger partial charge is 0.489 e. The van der Waals surface area contributed by atoms with Crippen LogP contribution in [0, 0.1) is 0 Å². The van der Waals surface area contributed by atoms with Crippen LogP contribution in [0.4, 0.5) is 0 Å². The van der Waals surface area contributed by atoms with Gasteiger partial charge in [0.1, 0.15) is 11.9 Å². The number of hydrogen-bond acceptors (Lipinski definition) is 2. The standard InChI is InChI=1S/C20H35NO/c1-6-7-8-9-10-15-21-16-17(2)22-19-13-11-18(12-14-19)20(3,4)5/h11-14,17,21H,6-10,15-16H2,1-5H3. The number of benzene rings is 1. The Kier molecular flexibility index (Phi) is 8.55. The van der Waals surface area contributed by atoms with Crippen molar-refractivity contribution >= 4 is 0 Å². The molecule has 0 aliphatic heterocycles. The zero-order chi connectivity index (χ0) is 16.4. The highest BCUT2D eigenvalue weighted by atomic mass is 16.5. The molecule has 126 valence electrons. The molecule has 1 N–H and O–H groups in total. The molecule has 0 aromatic heterocycles. The third kappa shape index (κ3) is 7.84. The molecule has 1 atom stereocenters. The SMILES string of the molecule is CCCCCCCNCC(C)Oc1ccc(C(C)(C)C)cc1. The Morgan fingerprint density at radius 2 is 1.64 bits per heavy atom. The molecule has 0 bridgehead atoms. The van der Waals surface area contributed by atoms with Gasteiger partial charge in [-0.2, -0.15) is 0 Å². The zero-order valence-electron chi connectivity index (χ0n) is 15.2. The minimum atomic E-state index is 0.198. The predicted octanol–water partition coefficient (Wildman–Crippen LogP) is 5.31. The van der Waals surface area contributed by atoms with Crippen LogP contribution in [0.2, 0.25) is 0 Å². The first-order valence-electron chi connectivity index (χ1n) is 8.91. The Labute approximate surface area is 137 Å². The van der Waals surface area contributed by atoms with Crippen LogP contribution in [0.3, 0.4) is 0 Å². The van der Waals surface area contributed by atoms with Crippen LogP contribution in [0.1, 0.15) is 72.3 Å². The fourth-order valence-electron chi connectivity index (χ4n) is 2.47. The molecule has 1 rings (SSSR count). The van der Waals surface area contributed by atoms with E-state index in [1.807, 2.05) is 0 Å². The maximum atomic E-state index is 5.96. The number of hydrogen-bond donors (Lipinski definition) is 1. The van der Waals surface area contributed by atoms with E-state index in [9.17, 15) is 0 Å². The van der Waals surface area contributed by atoms with Gasteiger partial charge in [-0.25, -0.2) is 0 Å². The summed E-state index contributed by atoms with van der Waals surface area (Å²) in [5, 5.41) is 3.49. The molecule has 2 heteroatoms. The maximum Gasteiger partial charge on any atom is 0.119 e. The third-order valence-corrected chi connectivity index (χ3v) is 3.95. The minimum Gasteiger partial charge on any atom is -0.489 e. The van der Waals surface area contributed by atoms with Gasteiger partial charge in [-0.1, -0.05) is 65.5 Å². The number of nitrogens with one attached hydrogen (secondary N) is 1. The van der Waals surface area contributed by atoms with Gasteiger partial charge >= 0.3 is 0 Å². The van der Waals surface area contributed by atoms with Crippen molar-refractivity contribution in [2.24, 2.45) is 0 Å². The molecule has 1 aromatic carbocycles. The van der Waals surface area contributed by atoms with Gasteiger partial charge in [0.15, 0.2) is 0 Å². The molecule has 22 heavy (non-hydrogen) atoms. The summed E-state index contributed by atoms with van der Waals surface area (Å²) in [5.41, 5.74) is 1.54. The fourth-order valence-corrected chi connectivity index (χ4v) is 2.47. The van der Waals surface area contributed by atoms with Gasteiger partial charge in [0.05, 0.1) is 0 Å². The fraction of sp³-hybridized carbons (Fsp3) is 0.700. The molecular formula is C20H35NO.